The zero-order valence-corrected chi connectivity index (χ0v) is 19.9. The fraction of sp³-hybridized carbons (Fsp3) is 0.296. The van der Waals surface area contributed by atoms with Gasteiger partial charge >= 0.3 is 0 Å². The maximum absolute atomic E-state index is 13.8. The Bertz CT molecular complexity index is 1280. The van der Waals surface area contributed by atoms with Gasteiger partial charge in [0.1, 0.15) is 11.6 Å². The molecule has 188 valence electrons. The van der Waals surface area contributed by atoms with Crippen LogP contribution in [0.4, 0.5) is 8.78 Å². The first-order valence-corrected chi connectivity index (χ1v) is 11.7. The smallest absolute Gasteiger partial charge is 0.220 e. The molecule has 1 saturated heterocycles. The lowest BCUT2D eigenvalue weighted by atomic mass is 9.95. The third kappa shape index (κ3) is 6.50. The lowest BCUT2D eigenvalue weighted by molar-refractivity contribution is -0.124. The predicted octanol–water partition coefficient (Wildman–Crippen LogP) is 4.02. The minimum Gasteiger partial charge on any atom is -0.481 e. The van der Waals surface area contributed by atoms with Gasteiger partial charge in [0, 0.05) is 36.0 Å². The predicted molar refractivity (Wildman–Crippen MR) is 134 cm³/mol. The number of carbonyl (C=O) groups excluding carboxylic acids is 1. The molecule has 1 aliphatic rings. The number of amides is 1. The van der Waals surface area contributed by atoms with Crippen molar-refractivity contribution in [2.45, 2.75) is 37.5 Å². The maximum Gasteiger partial charge on any atom is 0.220 e. The van der Waals surface area contributed by atoms with Gasteiger partial charge in [0.25, 0.3) is 0 Å². The lowest BCUT2D eigenvalue weighted by Crippen LogP contribution is -2.48. The van der Waals surface area contributed by atoms with Gasteiger partial charge in [-0.15, -0.1) is 0 Å². The highest BCUT2D eigenvalue weighted by molar-refractivity contribution is 5.84. The van der Waals surface area contributed by atoms with Crippen molar-refractivity contribution in [1.82, 2.24) is 15.3 Å². The van der Waals surface area contributed by atoms with E-state index in [1.807, 2.05) is 24.3 Å². The Morgan fingerprint density at radius 3 is 2.86 bits per heavy atom. The molecule has 0 spiro atoms. The summed E-state index contributed by atoms with van der Waals surface area (Å²) in [7, 11) is 1.56. The number of pyridine rings is 2. The van der Waals surface area contributed by atoms with Crippen LogP contribution in [0.5, 0.6) is 5.88 Å². The molecule has 3 N–H and O–H groups in total. The highest BCUT2D eigenvalue weighted by Crippen LogP contribution is 2.25. The molecule has 0 unspecified atom stereocenters. The summed E-state index contributed by atoms with van der Waals surface area (Å²) in [5.41, 5.74) is 7.99. The van der Waals surface area contributed by atoms with Gasteiger partial charge in [0.15, 0.2) is 0 Å². The first-order chi connectivity index (χ1) is 17.4. The molecule has 1 aliphatic heterocycles. The number of primary amides is 1. The Morgan fingerprint density at radius 1 is 1.19 bits per heavy atom. The number of benzene rings is 1. The van der Waals surface area contributed by atoms with Crippen molar-refractivity contribution in [1.29, 1.82) is 0 Å². The fourth-order valence-electron chi connectivity index (χ4n) is 4.21. The Hall–Kier alpha value is -3.69. The first-order valence-electron chi connectivity index (χ1n) is 11.7. The minimum atomic E-state index is -0.500. The van der Waals surface area contributed by atoms with Crippen molar-refractivity contribution < 1.29 is 23.0 Å². The molecule has 36 heavy (non-hydrogen) atoms. The van der Waals surface area contributed by atoms with E-state index in [0.29, 0.717) is 12.4 Å². The van der Waals surface area contributed by atoms with Crippen LogP contribution in [0.2, 0.25) is 0 Å². The van der Waals surface area contributed by atoms with Crippen LogP contribution in [0.25, 0.3) is 23.2 Å². The van der Waals surface area contributed by atoms with Gasteiger partial charge in [-0.05, 0) is 43.2 Å². The number of rotatable bonds is 9. The van der Waals surface area contributed by atoms with Crippen LogP contribution in [0.1, 0.15) is 30.4 Å². The van der Waals surface area contributed by atoms with E-state index in [1.54, 1.807) is 25.4 Å². The van der Waals surface area contributed by atoms with Gasteiger partial charge < -0.3 is 20.5 Å². The van der Waals surface area contributed by atoms with Crippen LogP contribution >= 0.6 is 0 Å². The van der Waals surface area contributed by atoms with Crippen LogP contribution in [0.3, 0.4) is 0 Å². The van der Waals surface area contributed by atoms with E-state index >= 15 is 0 Å². The van der Waals surface area contributed by atoms with Crippen LogP contribution in [-0.4, -0.2) is 47.8 Å². The molecule has 0 aliphatic carbocycles. The molecule has 0 bridgehead atoms. The normalized spacial score (nSPS) is 20.4. The van der Waals surface area contributed by atoms with Gasteiger partial charge in [-0.3, -0.25) is 9.78 Å². The first kappa shape index (κ1) is 25.4. The molecule has 1 amide bonds. The van der Waals surface area contributed by atoms with Gasteiger partial charge in [-0.1, -0.05) is 24.3 Å². The van der Waals surface area contributed by atoms with Crippen molar-refractivity contribution in [3.05, 3.63) is 77.5 Å². The number of methoxy groups -OCH3 is 1. The number of carbonyl (C=O) groups is 1. The molecule has 2 aromatic heterocycles. The molecule has 0 radical (unpaired) electrons. The molecule has 1 fully saturated rings. The number of fused-ring (bicyclic) bond motifs is 1. The summed E-state index contributed by atoms with van der Waals surface area (Å²) >= 11 is 0. The number of halogens is 2. The number of aromatic nitrogens is 2. The lowest BCUT2D eigenvalue weighted by Gasteiger charge is -2.35. The maximum atomic E-state index is 13.8. The molecule has 1 aromatic carbocycles. The topological polar surface area (TPSA) is 99.4 Å². The van der Waals surface area contributed by atoms with E-state index in [2.05, 4.69) is 15.3 Å². The van der Waals surface area contributed by atoms with E-state index in [0.717, 1.165) is 47.6 Å². The number of nitrogens with zero attached hydrogens (tertiary/aromatic N) is 2. The fourth-order valence-corrected chi connectivity index (χ4v) is 4.21. The Morgan fingerprint density at radius 2 is 2.06 bits per heavy atom. The van der Waals surface area contributed by atoms with E-state index in [1.165, 1.54) is 6.08 Å². The second kappa shape index (κ2) is 11.8. The van der Waals surface area contributed by atoms with Crippen molar-refractivity contribution in [2.75, 3.05) is 13.7 Å². The van der Waals surface area contributed by atoms with Crippen molar-refractivity contribution in [3.63, 3.8) is 0 Å². The van der Waals surface area contributed by atoms with E-state index in [-0.39, 0.29) is 24.1 Å². The molecule has 3 heterocycles. The SMILES string of the molecule is COc1ccc2nccc(C=C[C@@H]3CC[C@@H](NC/C=C/c4cc(F)ccc4F)[C@@H](CC(N)=O)O3)c2n1. The van der Waals surface area contributed by atoms with Gasteiger partial charge in [-0.2, -0.15) is 0 Å². The quantitative estimate of drug-likeness (QED) is 0.466. The van der Waals surface area contributed by atoms with Crippen LogP contribution in [-0.2, 0) is 9.53 Å². The highest BCUT2D eigenvalue weighted by Gasteiger charge is 2.31. The zero-order chi connectivity index (χ0) is 25.5. The summed E-state index contributed by atoms with van der Waals surface area (Å²) in [5.74, 6) is -0.945. The standard InChI is InChI=1S/C27H28F2N4O3/c1-35-26-11-10-23-27(33-26)17(12-14-32-23)4-6-20-7-9-22(24(36-20)16-25(30)34)31-13-2-3-18-15-19(28)5-8-21(18)29/h2-6,8,10-12,14-15,20,22,24,31H,7,9,13,16H2,1H3,(H2,30,34)/b3-2+,6-4?/t20-,22-,24-/m1/s1. The summed E-state index contributed by atoms with van der Waals surface area (Å²) in [6, 6.07) is 8.68. The van der Waals surface area contributed by atoms with Gasteiger partial charge in [0.2, 0.25) is 11.8 Å². The van der Waals surface area contributed by atoms with Gasteiger partial charge in [-0.25, -0.2) is 13.8 Å². The van der Waals surface area contributed by atoms with Crippen LogP contribution in [0.15, 0.2) is 54.7 Å². The van der Waals surface area contributed by atoms with Crippen LogP contribution in [0, 0.1) is 11.6 Å². The van der Waals surface area contributed by atoms with E-state index in [4.69, 9.17) is 15.2 Å². The summed E-state index contributed by atoms with van der Waals surface area (Å²) in [6.07, 6.45) is 9.75. The molecular formula is C27H28F2N4O3. The molecule has 3 aromatic rings. The van der Waals surface area contributed by atoms with Gasteiger partial charge in [0.05, 0.1) is 36.8 Å². The molecule has 3 atom stereocenters. The molecule has 9 heteroatoms. The second-order valence-electron chi connectivity index (χ2n) is 8.52. The molecule has 0 saturated carbocycles. The third-order valence-electron chi connectivity index (χ3n) is 6.01. The largest absolute Gasteiger partial charge is 0.481 e. The van der Waals surface area contributed by atoms with E-state index in [9.17, 15) is 13.6 Å². The van der Waals surface area contributed by atoms with Crippen molar-refractivity contribution in [3.8, 4) is 5.88 Å². The average Bonchev–Trinajstić information content (AvgIpc) is 2.87. The van der Waals surface area contributed by atoms with E-state index < -0.39 is 23.6 Å². The number of nitrogens with one attached hydrogen (secondary N) is 1. The van der Waals surface area contributed by atoms with Crippen molar-refractivity contribution in [2.24, 2.45) is 5.73 Å². The molecule has 7 nitrogen and oxygen atoms in total. The highest BCUT2D eigenvalue weighted by atomic mass is 19.1. The summed E-state index contributed by atoms with van der Waals surface area (Å²) in [4.78, 5) is 20.5. The number of ether oxygens (including phenoxy) is 2. The Kier molecular flexibility index (Phi) is 8.35. The minimum absolute atomic E-state index is 0.0706. The second-order valence-corrected chi connectivity index (χ2v) is 8.52. The zero-order valence-electron chi connectivity index (χ0n) is 19.9. The Balaban J connectivity index is 1.40. The Labute approximate surface area is 208 Å². The number of hydrogen-bond donors (Lipinski definition) is 2. The molecule has 4 rings (SSSR count). The third-order valence-corrected chi connectivity index (χ3v) is 6.01. The summed E-state index contributed by atoms with van der Waals surface area (Å²) in [6.45, 7) is 0.399. The monoisotopic (exact) mass is 494 g/mol. The summed E-state index contributed by atoms with van der Waals surface area (Å²) in [5, 5.41) is 3.32. The molecular weight excluding hydrogens is 466 g/mol. The number of hydrogen-bond acceptors (Lipinski definition) is 6. The summed E-state index contributed by atoms with van der Waals surface area (Å²) < 4.78 is 38.6. The average molecular weight is 495 g/mol. The number of nitrogens with two attached hydrogens (primary N) is 1. The van der Waals surface area contributed by atoms with Crippen molar-refractivity contribution >= 4 is 29.1 Å². The van der Waals surface area contributed by atoms with Crippen LogP contribution < -0.4 is 15.8 Å².